The molecule has 1 N–H and O–H groups in total. The predicted molar refractivity (Wildman–Crippen MR) is 72.7 cm³/mol. The van der Waals surface area contributed by atoms with Crippen molar-refractivity contribution in [2.45, 2.75) is 22.4 Å². The molecule has 1 fully saturated rings. The van der Waals surface area contributed by atoms with Crippen molar-refractivity contribution in [3.05, 3.63) is 24.3 Å². The van der Waals surface area contributed by atoms with Gasteiger partial charge < -0.3 is 5.32 Å². The van der Waals surface area contributed by atoms with Crippen LogP contribution in [0.4, 0.5) is 0 Å². The third kappa shape index (κ3) is 2.04. The third-order valence-electron chi connectivity index (χ3n) is 3.21. The van der Waals surface area contributed by atoms with Crippen molar-refractivity contribution in [2.75, 3.05) is 13.1 Å². The number of benzene rings is 1. The van der Waals surface area contributed by atoms with Crippen LogP contribution in [0.25, 0.3) is 10.2 Å². The van der Waals surface area contributed by atoms with Crippen molar-refractivity contribution in [1.29, 1.82) is 0 Å². The van der Waals surface area contributed by atoms with Crippen LogP contribution in [0, 0.1) is 0 Å². The molecule has 1 saturated heterocycles. The Morgan fingerprint density at radius 2 is 2.17 bits per heavy atom. The molecule has 0 spiro atoms. The number of hydrogen-bond acceptors (Lipinski definition) is 5. The van der Waals surface area contributed by atoms with Gasteiger partial charge in [-0.05, 0) is 31.5 Å². The Hall–Kier alpha value is -0.980. The predicted octanol–water partition coefficient (Wildman–Crippen LogP) is 1.82. The van der Waals surface area contributed by atoms with E-state index in [1.54, 1.807) is 0 Å². The molecule has 4 nitrogen and oxygen atoms in total. The van der Waals surface area contributed by atoms with Gasteiger partial charge in [-0.1, -0.05) is 12.1 Å². The molecule has 0 unspecified atom stereocenters. The molecular weight excluding hydrogens is 268 g/mol. The fourth-order valence-corrected chi connectivity index (χ4v) is 5.36. The number of nitrogens with one attached hydrogen (secondary N) is 1. The number of aromatic nitrogens is 1. The monoisotopic (exact) mass is 282 g/mol. The van der Waals surface area contributed by atoms with Crippen molar-refractivity contribution in [1.82, 2.24) is 10.3 Å². The highest BCUT2D eigenvalue weighted by Crippen LogP contribution is 2.29. The molecule has 1 atom stereocenters. The highest BCUT2D eigenvalue weighted by Gasteiger charge is 2.31. The first kappa shape index (κ1) is 12.1. The third-order valence-corrected chi connectivity index (χ3v) is 6.84. The highest BCUT2D eigenvalue weighted by atomic mass is 32.2. The van der Waals surface area contributed by atoms with E-state index in [-0.39, 0.29) is 9.59 Å². The van der Waals surface area contributed by atoms with E-state index in [9.17, 15) is 8.42 Å². The Kier molecular flexibility index (Phi) is 3.09. The number of nitrogens with zero attached hydrogens (tertiary/aromatic N) is 1. The zero-order valence-electron chi connectivity index (χ0n) is 9.80. The van der Waals surface area contributed by atoms with Gasteiger partial charge in [0.05, 0.1) is 15.5 Å². The van der Waals surface area contributed by atoms with E-state index < -0.39 is 9.84 Å². The maximum atomic E-state index is 12.5. The van der Waals surface area contributed by atoms with Crippen LogP contribution in [0.15, 0.2) is 28.6 Å². The van der Waals surface area contributed by atoms with Gasteiger partial charge in [0.1, 0.15) is 0 Å². The lowest BCUT2D eigenvalue weighted by molar-refractivity contribution is 0.496. The molecule has 2 aromatic rings. The molecule has 96 valence electrons. The summed E-state index contributed by atoms with van der Waals surface area (Å²) in [5.74, 6) is 0. The zero-order valence-corrected chi connectivity index (χ0v) is 11.4. The molecule has 1 aliphatic rings. The minimum atomic E-state index is -3.28. The average molecular weight is 282 g/mol. The molecule has 0 amide bonds. The van der Waals surface area contributed by atoms with E-state index in [0.717, 1.165) is 29.6 Å². The Bertz CT molecular complexity index is 625. The molecule has 18 heavy (non-hydrogen) atoms. The molecule has 0 bridgehead atoms. The smallest absolute Gasteiger partial charge is 0.210 e. The van der Waals surface area contributed by atoms with E-state index in [0.29, 0.717) is 6.54 Å². The van der Waals surface area contributed by atoms with Gasteiger partial charge in [0.15, 0.2) is 0 Å². The first-order valence-corrected chi connectivity index (χ1v) is 8.34. The van der Waals surface area contributed by atoms with E-state index in [2.05, 4.69) is 10.3 Å². The van der Waals surface area contributed by atoms with Gasteiger partial charge in [0.25, 0.3) is 0 Å². The fraction of sp³-hybridized carbons (Fsp3) is 0.417. The second-order valence-electron chi connectivity index (χ2n) is 4.46. The Morgan fingerprint density at radius 1 is 1.33 bits per heavy atom. The van der Waals surface area contributed by atoms with E-state index >= 15 is 0 Å². The van der Waals surface area contributed by atoms with Gasteiger partial charge in [-0.15, -0.1) is 11.3 Å². The lowest BCUT2D eigenvalue weighted by Crippen LogP contribution is -2.38. The molecule has 0 radical (unpaired) electrons. The maximum absolute atomic E-state index is 12.5. The summed E-state index contributed by atoms with van der Waals surface area (Å²) in [7, 11) is -3.28. The van der Waals surface area contributed by atoms with Gasteiger partial charge in [-0.2, -0.15) is 0 Å². The van der Waals surface area contributed by atoms with Crippen LogP contribution in [-0.4, -0.2) is 31.7 Å². The number of fused-ring (bicyclic) bond motifs is 1. The molecule has 0 saturated carbocycles. The zero-order chi connectivity index (χ0) is 12.6. The van der Waals surface area contributed by atoms with Gasteiger partial charge >= 0.3 is 0 Å². The lowest BCUT2D eigenvalue weighted by Gasteiger charge is -2.21. The average Bonchev–Trinajstić information content (AvgIpc) is 2.84. The van der Waals surface area contributed by atoms with Crippen LogP contribution in [0.3, 0.4) is 0 Å². The molecule has 1 aromatic carbocycles. The second kappa shape index (κ2) is 4.60. The molecule has 0 aliphatic carbocycles. The minimum Gasteiger partial charge on any atom is -0.315 e. The van der Waals surface area contributed by atoms with Crippen molar-refractivity contribution in [3.8, 4) is 0 Å². The minimum absolute atomic E-state index is 0.261. The molecular formula is C12H14N2O2S2. The van der Waals surface area contributed by atoms with Gasteiger partial charge in [0.2, 0.25) is 14.2 Å². The van der Waals surface area contributed by atoms with Crippen molar-refractivity contribution >= 4 is 31.4 Å². The second-order valence-corrected chi connectivity index (χ2v) is 7.89. The lowest BCUT2D eigenvalue weighted by atomic mass is 10.2. The number of piperidine rings is 1. The van der Waals surface area contributed by atoms with Crippen molar-refractivity contribution in [3.63, 3.8) is 0 Å². The van der Waals surface area contributed by atoms with Crippen LogP contribution in [-0.2, 0) is 9.84 Å². The first-order valence-electron chi connectivity index (χ1n) is 5.98. The number of rotatable bonds is 2. The Balaban J connectivity index is 2.01. The summed E-state index contributed by atoms with van der Waals surface area (Å²) in [6.45, 7) is 1.45. The molecule has 2 heterocycles. The summed E-state index contributed by atoms with van der Waals surface area (Å²) in [5.41, 5.74) is 0.768. The molecule has 1 aliphatic heterocycles. The highest BCUT2D eigenvalue weighted by molar-refractivity contribution is 7.94. The summed E-state index contributed by atoms with van der Waals surface area (Å²) in [6.07, 6.45) is 1.64. The summed E-state index contributed by atoms with van der Waals surface area (Å²) in [4.78, 5) is 4.26. The van der Waals surface area contributed by atoms with Crippen LogP contribution >= 0.6 is 11.3 Å². The normalized spacial score (nSPS) is 21.2. The van der Waals surface area contributed by atoms with Crippen molar-refractivity contribution in [2.24, 2.45) is 0 Å². The standard InChI is InChI=1S/C12H14N2O2S2/c15-18(16,9-4-3-7-13-8-9)12-14-10-5-1-2-6-11(10)17-12/h1-2,5-6,9,13H,3-4,7-8H2/t9-/m1/s1. The van der Waals surface area contributed by atoms with E-state index in [1.807, 2.05) is 24.3 Å². The van der Waals surface area contributed by atoms with Crippen LogP contribution in [0.2, 0.25) is 0 Å². The van der Waals surface area contributed by atoms with Gasteiger partial charge in [0, 0.05) is 6.54 Å². The van der Waals surface area contributed by atoms with Gasteiger partial charge in [-0.3, -0.25) is 0 Å². The van der Waals surface area contributed by atoms with Crippen LogP contribution in [0.5, 0.6) is 0 Å². The largest absolute Gasteiger partial charge is 0.315 e. The Labute approximate surface area is 110 Å². The quantitative estimate of drug-likeness (QED) is 0.913. The molecule has 1 aromatic heterocycles. The number of hydrogen-bond donors (Lipinski definition) is 1. The Morgan fingerprint density at radius 3 is 2.89 bits per heavy atom. The van der Waals surface area contributed by atoms with E-state index in [4.69, 9.17) is 0 Å². The fourth-order valence-electron chi connectivity index (χ4n) is 2.20. The first-order chi connectivity index (χ1) is 8.68. The number of para-hydroxylation sites is 1. The van der Waals surface area contributed by atoms with Crippen LogP contribution in [0.1, 0.15) is 12.8 Å². The van der Waals surface area contributed by atoms with Crippen molar-refractivity contribution < 1.29 is 8.42 Å². The van der Waals surface area contributed by atoms with Gasteiger partial charge in [-0.25, -0.2) is 13.4 Å². The molecule has 3 rings (SSSR count). The summed E-state index contributed by atoms with van der Waals surface area (Å²) < 4.78 is 26.1. The maximum Gasteiger partial charge on any atom is 0.210 e. The van der Waals surface area contributed by atoms with E-state index in [1.165, 1.54) is 11.3 Å². The summed E-state index contributed by atoms with van der Waals surface area (Å²) in [5, 5.41) is 2.82. The topological polar surface area (TPSA) is 59.1 Å². The summed E-state index contributed by atoms with van der Waals surface area (Å²) >= 11 is 1.27. The SMILES string of the molecule is O=S(=O)(c1nc2ccccc2s1)[C@@H]1CCCNC1. The summed E-state index contributed by atoms with van der Waals surface area (Å²) in [6, 6.07) is 7.54. The number of thiazole rings is 1. The van der Waals surface area contributed by atoms with Crippen LogP contribution < -0.4 is 5.32 Å². The molecule has 6 heteroatoms. The number of sulfone groups is 1.